The Morgan fingerprint density at radius 3 is 2.79 bits per heavy atom. The van der Waals surface area contributed by atoms with Crippen LogP contribution in [0.25, 0.3) is 6.08 Å². The Morgan fingerprint density at radius 1 is 1.18 bits per heavy atom. The van der Waals surface area contributed by atoms with E-state index in [0.717, 1.165) is 16.7 Å². The van der Waals surface area contributed by atoms with E-state index in [1.54, 1.807) is 42.8 Å². The lowest BCUT2D eigenvalue weighted by atomic mass is 10.1. The van der Waals surface area contributed by atoms with Crippen LogP contribution in [0, 0.1) is 6.92 Å². The quantitative estimate of drug-likeness (QED) is 0.297. The predicted molar refractivity (Wildman–Crippen MR) is 130 cm³/mol. The molecule has 8 heteroatoms. The van der Waals surface area contributed by atoms with E-state index < -0.39 is 0 Å². The topological polar surface area (TPSA) is 87.6 Å². The highest BCUT2D eigenvalue weighted by Gasteiger charge is 2.34. The van der Waals surface area contributed by atoms with Gasteiger partial charge in [0.05, 0.1) is 30.5 Å². The summed E-state index contributed by atoms with van der Waals surface area (Å²) in [5.41, 5.74) is 2.77. The van der Waals surface area contributed by atoms with Crippen LogP contribution >= 0.6 is 11.8 Å². The van der Waals surface area contributed by atoms with Crippen LogP contribution in [0.2, 0.25) is 0 Å². The summed E-state index contributed by atoms with van der Waals surface area (Å²) in [6.45, 7) is 4.51. The van der Waals surface area contributed by atoms with E-state index in [2.05, 4.69) is 10.2 Å². The number of ether oxygens (including phenoxy) is 1. The summed E-state index contributed by atoms with van der Waals surface area (Å²) in [6.07, 6.45) is 4.99. The van der Waals surface area contributed by atoms with E-state index in [9.17, 15) is 9.90 Å². The van der Waals surface area contributed by atoms with Crippen LogP contribution in [-0.2, 0) is 11.3 Å². The SMILES string of the molecule is CCOc1cc(/C=C2\S/C(=N\N=C\c3ccccc3C)N(Cc3ccco3)C2=O)ccc1O. The number of amides is 1. The van der Waals surface area contributed by atoms with Gasteiger partial charge >= 0.3 is 0 Å². The van der Waals surface area contributed by atoms with E-state index in [0.29, 0.717) is 28.2 Å². The number of carbonyl (C=O) groups is 1. The number of thioether (sulfide) groups is 1. The van der Waals surface area contributed by atoms with Gasteiger partial charge in [-0.25, -0.2) is 0 Å². The molecule has 33 heavy (non-hydrogen) atoms. The molecular formula is C25H23N3O4S. The molecule has 7 nitrogen and oxygen atoms in total. The lowest BCUT2D eigenvalue weighted by Gasteiger charge is -2.12. The minimum atomic E-state index is -0.202. The fraction of sp³-hybridized carbons (Fsp3) is 0.160. The monoisotopic (exact) mass is 461 g/mol. The molecule has 0 bridgehead atoms. The number of hydrogen-bond acceptors (Lipinski definition) is 7. The van der Waals surface area contributed by atoms with Crippen molar-refractivity contribution in [3.8, 4) is 11.5 Å². The van der Waals surface area contributed by atoms with E-state index in [1.807, 2.05) is 44.2 Å². The summed E-state index contributed by atoms with van der Waals surface area (Å²) >= 11 is 1.24. The molecule has 168 valence electrons. The van der Waals surface area contributed by atoms with Crippen molar-refractivity contribution in [3.05, 3.63) is 88.2 Å². The lowest BCUT2D eigenvalue weighted by molar-refractivity contribution is -0.122. The molecule has 0 radical (unpaired) electrons. The summed E-state index contributed by atoms with van der Waals surface area (Å²) in [5.74, 6) is 0.861. The number of phenols is 1. The molecule has 0 saturated carbocycles. The first-order valence-electron chi connectivity index (χ1n) is 10.4. The molecule has 0 unspecified atom stereocenters. The fourth-order valence-corrected chi connectivity index (χ4v) is 4.13. The number of phenolic OH excluding ortho intramolecular Hbond substituents is 1. The Kier molecular flexibility index (Phi) is 6.95. The van der Waals surface area contributed by atoms with Crippen LogP contribution in [0.3, 0.4) is 0 Å². The molecule has 2 aromatic carbocycles. The average Bonchev–Trinajstić information content (AvgIpc) is 3.42. The third-order valence-electron chi connectivity index (χ3n) is 4.89. The first kappa shape index (κ1) is 22.4. The number of aryl methyl sites for hydroxylation is 1. The van der Waals surface area contributed by atoms with Gasteiger partial charge in [-0.05, 0) is 72.6 Å². The standard InChI is InChI=1S/C25H23N3O4S/c1-3-31-22-13-18(10-11-21(22)29)14-23-24(30)28(16-20-9-6-12-32-20)25(33-23)27-26-15-19-8-5-4-7-17(19)2/h4-15,29H,3,16H2,1-2H3/b23-14-,26-15+,27-25-. The highest BCUT2D eigenvalue weighted by molar-refractivity contribution is 8.18. The van der Waals surface area contributed by atoms with Crippen LogP contribution in [0.5, 0.6) is 11.5 Å². The Morgan fingerprint density at radius 2 is 2.03 bits per heavy atom. The van der Waals surface area contributed by atoms with Crippen molar-refractivity contribution >= 4 is 35.1 Å². The van der Waals surface area contributed by atoms with E-state index in [-0.39, 0.29) is 18.2 Å². The number of carbonyl (C=O) groups excluding carboxylic acids is 1. The number of furan rings is 1. The molecule has 4 rings (SSSR count). The minimum absolute atomic E-state index is 0.0524. The highest BCUT2D eigenvalue weighted by atomic mass is 32.2. The van der Waals surface area contributed by atoms with Crippen LogP contribution in [0.1, 0.15) is 29.4 Å². The van der Waals surface area contributed by atoms with Crippen LogP contribution in [-0.4, -0.2) is 33.9 Å². The zero-order valence-corrected chi connectivity index (χ0v) is 19.1. The lowest BCUT2D eigenvalue weighted by Crippen LogP contribution is -2.28. The molecule has 2 heterocycles. The molecule has 0 aliphatic carbocycles. The van der Waals surface area contributed by atoms with Gasteiger partial charge in [0.15, 0.2) is 16.7 Å². The molecule has 1 aromatic heterocycles. The first-order chi connectivity index (χ1) is 16.0. The molecule has 1 saturated heterocycles. The normalized spacial score (nSPS) is 16.4. The van der Waals surface area contributed by atoms with Crippen LogP contribution < -0.4 is 4.74 Å². The highest BCUT2D eigenvalue weighted by Crippen LogP contribution is 2.35. The van der Waals surface area contributed by atoms with Crippen molar-refractivity contribution in [2.75, 3.05) is 6.61 Å². The van der Waals surface area contributed by atoms with Crippen molar-refractivity contribution in [2.24, 2.45) is 10.2 Å². The predicted octanol–water partition coefficient (Wildman–Crippen LogP) is 5.20. The molecule has 1 amide bonds. The van der Waals surface area contributed by atoms with Gasteiger partial charge < -0.3 is 14.3 Å². The zero-order chi connectivity index (χ0) is 23.2. The summed E-state index contributed by atoms with van der Waals surface area (Å²) < 4.78 is 10.9. The van der Waals surface area contributed by atoms with Gasteiger partial charge in [-0.15, -0.1) is 5.10 Å². The number of amidine groups is 1. The number of rotatable bonds is 7. The second kappa shape index (κ2) is 10.2. The maximum atomic E-state index is 13.2. The van der Waals surface area contributed by atoms with Gasteiger partial charge in [-0.3, -0.25) is 9.69 Å². The smallest absolute Gasteiger partial charge is 0.267 e. The van der Waals surface area contributed by atoms with Crippen molar-refractivity contribution in [2.45, 2.75) is 20.4 Å². The Labute approximate surface area is 196 Å². The van der Waals surface area contributed by atoms with Gasteiger partial charge in [0.2, 0.25) is 0 Å². The second-order valence-electron chi connectivity index (χ2n) is 7.23. The van der Waals surface area contributed by atoms with Gasteiger partial charge in [0.1, 0.15) is 5.76 Å². The summed E-state index contributed by atoms with van der Waals surface area (Å²) in [6, 6.07) is 16.4. The third-order valence-corrected chi connectivity index (χ3v) is 5.89. The summed E-state index contributed by atoms with van der Waals surface area (Å²) in [7, 11) is 0. The largest absolute Gasteiger partial charge is 0.504 e. The first-order valence-corrected chi connectivity index (χ1v) is 11.2. The molecule has 1 aliphatic heterocycles. The molecule has 1 N–H and O–H groups in total. The Hall–Kier alpha value is -3.78. The average molecular weight is 462 g/mol. The van der Waals surface area contributed by atoms with Crippen molar-refractivity contribution in [3.63, 3.8) is 0 Å². The fourth-order valence-electron chi connectivity index (χ4n) is 3.20. The van der Waals surface area contributed by atoms with Gasteiger partial charge in [0.25, 0.3) is 5.91 Å². The van der Waals surface area contributed by atoms with Gasteiger partial charge in [0, 0.05) is 0 Å². The second-order valence-corrected chi connectivity index (χ2v) is 8.23. The van der Waals surface area contributed by atoms with Crippen molar-refractivity contribution in [1.82, 2.24) is 4.90 Å². The number of nitrogens with zero attached hydrogens (tertiary/aromatic N) is 3. The Bertz CT molecular complexity index is 1230. The van der Waals surface area contributed by atoms with E-state index in [1.165, 1.54) is 16.7 Å². The summed E-state index contributed by atoms with van der Waals surface area (Å²) in [5, 5.41) is 19.0. The maximum Gasteiger partial charge on any atom is 0.267 e. The number of aromatic hydroxyl groups is 1. The van der Waals surface area contributed by atoms with E-state index >= 15 is 0 Å². The van der Waals surface area contributed by atoms with Crippen LogP contribution in [0.15, 0.2) is 80.4 Å². The molecular weight excluding hydrogens is 438 g/mol. The Balaban J connectivity index is 1.64. The van der Waals surface area contributed by atoms with Gasteiger partial charge in [-0.2, -0.15) is 5.10 Å². The molecule has 0 atom stereocenters. The number of hydrogen-bond donors (Lipinski definition) is 1. The van der Waals surface area contributed by atoms with Crippen molar-refractivity contribution in [1.29, 1.82) is 0 Å². The van der Waals surface area contributed by atoms with Crippen molar-refractivity contribution < 1.29 is 19.1 Å². The van der Waals surface area contributed by atoms with E-state index in [4.69, 9.17) is 9.15 Å². The molecule has 3 aromatic rings. The molecule has 0 spiro atoms. The van der Waals surface area contributed by atoms with Crippen LogP contribution in [0.4, 0.5) is 0 Å². The number of benzene rings is 2. The molecule has 1 aliphatic rings. The minimum Gasteiger partial charge on any atom is -0.504 e. The summed E-state index contributed by atoms with van der Waals surface area (Å²) in [4.78, 5) is 15.2. The zero-order valence-electron chi connectivity index (χ0n) is 18.3. The molecule has 1 fully saturated rings. The maximum absolute atomic E-state index is 13.2. The third kappa shape index (κ3) is 5.35. The van der Waals surface area contributed by atoms with Gasteiger partial charge in [-0.1, -0.05) is 30.3 Å².